The van der Waals surface area contributed by atoms with Gasteiger partial charge in [0.1, 0.15) is 10.8 Å². The molecule has 0 unspecified atom stereocenters. The predicted octanol–water partition coefficient (Wildman–Crippen LogP) is 1.15. The number of nitrogens with two attached hydrogens (primary N) is 3. The molecule has 108 valence electrons. The highest BCUT2D eigenvalue weighted by Crippen LogP contribution is 2.27. The van der Waals surface area contributed by atoms with E-state index in [2.05, 4.69) is 4.98 Å². The molecule has 1 aromatic carbocycles. The van der Waals surface area contributed by atoms with Crippen LogP contribution >= 0.6 is 11.8 Å². The zero-order valence-electron chi connectivity index (χ0n) is 11.1. The summed E-state index contributed by atoms with van der Waals surface area (Å²) in [7, 11) is 0. The molecule has 0 radical (unpaired) electrons. The van der Waals surface area contributed by atoms with Crippen LogP contribution in [0.5, 0.6) is 0 Å². The number of thioether (sulfide) groups is 1. The summed E-state index contributed by atoms with van der Waals surface area (Å²) in [6.07, 6.45) is 0. The van der Waals surface area contributed by atoms with Gasteiger partial charge in [0.25, 0.3) is 11.8 Å². The molecular formula is C14H14N4O2S. The second-order valence-corrected chi connectivity index (χ2v) is 5.24. The van der Waals surface area contributed by atoms with Gasteiger partial charge in [0.15, 0.2) is 0 Å². The first-order chi connectivity index (χ1) is 9.99. The molecule has 7 heteroatoms. The van der Waals surface area contributed by atoms with Crippen molar-refractivity contribution in [2.75, 3.05) is 5.73 Å². The Kier molecular flexibility index (Phi) is 4.44. The van der Waals surface area contributed by atoms with Crippen LogP contribution in [-0.4, -0.2) is 16.8 Å². The first-order valence-corrected chi connectivity index (χ1v) is 7.04. The van der Waals surface area contributed by atoms with E-state index in [1.807, 2.05) is 30.3 Å². The van der Waals surface area contributed by atoms with Gasteiger partial charge in [-0.25, -0.2) is 4.98 Å². The second kappa shape index (κ2) is 6.27. The number of hydrogen-bond donors (Lipinski definition) is 3. The van der Waals surface area contributed by atoms with Gasteiger partial charge in [-0.1, -0.05) is 30.3 Å². The number of primary amides is 2. The predicted molar refractivity (Wildman–Crippen MR) is 81.7 cm³/mol. The minimum absolute atomic E-state index is 0.00661. The monoisotopic (exact) mass is 302 g/mol. The average Bonchev–Trinajstić information content (AvgIpc) is 2.45. The van der Waals surface area contributed by atoms with Crippen LogP contribution < -0.4 is 17.2 Å². The number of anilines is 1. The Hall–Kier alpha value is -2.54. The molecule has 0 aliphatic carbocycles. The number of carbonyl (C=O) groups is 2. The molecule has 0 aliphatic rings. The standard InChI is InChI=1S/C14H14N4O2S/c15-11-9(12(16)19)6-10(13(17)20)14(18-11)21-7-8-4-2-1-3-5-8/h1-6H,7H2,(H2,15,18)(H2,16,19)(H2,17,20). The third-order valence-electron chi connectivity index (χ3n) is 2.77. The fourth-order valence-corrected chi connectivity index (χ4v) is 2.69. The van der Waals surface area contributed by atoms with E-state index in [0.29, 0.717) is 10.8 Å². The molecule has 0 saturated heterocycles. The Bertz CT molecular complexity index is 689. The number of nitrogen functional groups attached to an aromatic ring is 1. The maximum absolute atomic E-state index is 11.5. The molecule has 0 aliphatic heterocycles. The lowest BCUT2D eigenvalue weighted by atomic mass is 10.1. The Labute approximate surface area is 125 Å². The lowest BCUT2D eigenvalue weighted by Crippen LogP contribution is -2.19. The number of carbonyl (C=O) groups excluding carboxylic acids is 2. The highest BCUT2D eigenvalue weighted by atomic mass is 32.2. The molecule has 2 rings (SSSR count). The second-order valence-electron chi connectivity index (χ2n) is 4.28. The quantitative estimate of drug-likeness (QED) is 0.714. The van der Waals surface area contributed by atoms with Gasteiger partial charge in [-0.15, -0.1) is 11.8 Å². The summed E-state index contributed by atoms with van der Waals surface area (Å²) in [5.74, 6) is -0.838. The summed E-state index contributed by atoms with van der Waals surface area (Å²) in [5, 5.41) is 0.383. The van der Waals surface area contributed by atoms with Crippen molar-refractivity contribution in [1.82, 2.24) is 4.98 Å². The summed E-state index contributed by atoms with van der Waals surface area (Å²) in [5.41, 5.74) is 17.4. The molecular weight excluding hydrogens is 288 g/mol. The van der Waals surface area contributed by atoms with Crippen molar-refractivity contribution in [3.05, 3.63) is 53.1 Å². The van der Waals surface area contributed by atoms with Crippen molar-refractivity contribution in [3.63, 3.8) is 0 Å². The van der Waals surface area contributed by atoms with Gasteiger partial charge in [0.05, 0.1) is 11.1 Å². The van der Waals surface area contributed by atoms with E-state index in [0.717, 1.165) is 5.56 Å². The third kappa shape index (κ3) is 3.51. The molecule has 6 nitrogen and oxygen atoms in total. The smallest absolute Gasteiger partial charge is 0.252 e. The van der Waals surface area contributed by atoms with Gasteiger partial charge < -0.3 is 17.2 Å². The number of benzene rings is 1. The number of pyridine rings is 1. The number of amides is 2. The topological polar surface area (TPSA) is 125 Å². The summed E-state index contributed by atoms with van der Waals surface area (Å²) in [4.78, 5) is 26.8. The SMILES string of the molecule is NC(=O)c1cc(C(N)=O)c(SCc2ccccc2)nc1N. The normalized spacial score (nSPS) is 10.3. The van der Waals surface area contributed by atoms with E-state index in [9.17, 15) is 9.59 Å². The maximum atomic E-state index is 11.5. The van der Waals surface area contributed by atoms with Gasteiger partial charge in [-0.2, -0.15) is 0 Å². The van der Waals surface area contributed by atoms with Gasteiger partial charge in [0.2, 0.25) is 0 Å². The molecule has 0 bridgehead atoms. The maximum Gasteiger partial charge on any atom is 0.252 e. The molecule has 1 aromatic heterocycles. The molecule has 0 fully saturated rings. The highest BCUT2D eigenvalue weighted by Gasteiger charge is 2.17. The van der Waals surface area contributed by atoms with Crippen molar-refractivity contribution in [2.45, 2.75) is 10.8 Å². The molecule has 2 amide bonds. The lowest BCUT2D eigenvalue weighted by Gasteiger charge is -2.09. The molecule has 0 saturated carbocycles. The summed E-state index contributed by atoms with van der Waals surface area (Å²) in [6, 6.07) is 11.0. The van der Waals surface area contributed by atoms with Crippen LogP contribution in [0.15, 0.2) is 41.4 Å². The first kappa shape index (κ1) is 14.9. The molecule has 0 atom stereocenters. The van der Waals surface area contributed by atoms with Crippen LogP contribution in [0.4, 0.5) is 5.82 Å². The number of rotatable bonds is 5. The van der Waals surface area contributed by atoms with Crippen LogP contribution in [0, 0.1) is 0 Å². The molecule has 6 N–H and O–H groups in total. The van der Waals surface area contributed by atoms with Crippen LogP contribution in [0.1, 0.15) is 26.3 Å². The van der Waals surface area contributed by atoms with Gasteiger partial charge in [0, 0.05) is 5.75 Å². The van der Waals surface area contributed by atoms with Gasteiger partial charge in [-0.05, 0) is 11.6 Å². The van der Waals surface area contributed by atoms with E-state index < -0.39 is 11.8 Å². The van der Waals surface area contributed by atoms with E-state index in [-0.39, 0.29) is 16.9 Å². The number of hydrogen-bond acceptors (Lipinski definition) is 5. The zero-order chi connectivity index (χ0) is 15.4. The minimum atomic E-state index is -0.748. The van der Waals surface area contributed by atoms with Crippen molar-refractivity contribution >= 4 is 29.4 Å². The molecule has 21 heavy (non-hydrogen) atoms. The minimum Gasteiger partial charge on any atom is -0.383 e. The molecule has 0 spiro atoms. The Morgan fingerprint density at radius 2 is 1.67 bits per heavy atom. The number of nitrogens with zero attached hydrogens (tertiary/aromatic N) is 1. The van der Waals surface area contributed by atoms with E-state index in [4.69, 9.17) is 17.2 Å². The lowest BCUT2D eigenvalue weighted by molar-refractivity contribution is 0.0996. The summed E-state index contributed by atoms with van der Waals surface area (Å²) < 4.78 is 0. The first-order valence-electron chi connectivity index (χ1n) is 6.06. The van der Waals surface area contributed by atoms with Crippen LogP contribution in [0.2, 0.25) is 0 Å². The van der Waals surface area contributed by atoms with Crippen LogP contribution in [0.3, 0.4) is 0 Å². The fraction of sp³-hybridized carbons (Fsp3) is 0.0714. The van der Waals surface area contributed by atoms with Gasteiger partial charge in [-0.3, -0.25) is 9.59 Å². The molecule has 2 aromatic rings. The van der Waals surface area contributed by atoms with Crippen molar-refractivity contribution in [1.29, 1.82) is 0 Å². The Balaban J connectivity index is 2.32. The van der Waals surface area contributed by atoms with E-state index >= 15 is 0 Å². The largest absolute Gasteiger partial charge is 0.383 e. The van der Waals surface area contributed by atoms with E-state index in [1.165, 1.54) is 17.8 Å². The fourth-order valence-electron chi connectivity index (χ4n) is 1.72. The van der Waals surface area contributed by atoms with Crippen LogP contribution in [0.25, 0.3) is 0 Å². The van der Waals surface area contributed by atoms with E-state index in [1.54, 1.807) is 0 Å². The summed E-state index contributed by atoms with van der Waals surface area (Å²) >= 11 is 1.32. The Morgan fingerprint density at radius 1 is 1.05 bits per heavy atom. The average molecular weight is 302 g/mol. The third-order valence-corrected chi connectivity index (χ3v) is 3.83. The molecule has 1 heterocycles. The summed E-state index contributed by atoms with van der Waals surface area (Å²) in [6.45, 7) is 0. The highest BCUT2D eigenvalue weighted by molar-refractivity contribution is 7.98. The van der Waals surface area contributed by atoms with Gasteiger partial charge >= 0.3 is 0 Å². The van der Waals surface area contributed by atoms with Crippen LogP contribution in [-0.2, 0) is 5.75 Å². The van der Waals surface area contributed by atoms with Crippen molar-refractivity contribution in [3.8, 4) is 0 Å². The Morgan fingerprint density at radius 3 is 2.24 bits per heavy atom. The number of aromatic nitrogens is 1. The van der Waals surface area contributed by atoms with Crippen molar-refractivity contribution < 1.29 is 9.59 Å². The zero-order valence-corrected chi connectivity index (χ0v) is 11.9. The van der Waals surface area contributed by atoms with Crippen molar-refractivity contribution in [2.24, 2.45) is 11.5 Å².